The van der Waals surface area contributed by atoms with Gasteiger partial charge in [0.2, 0.25) is 0 Å². The fourth-order valence-corrected chi connectivity index (χ4v) is 13.0. The molecule has 0 saturated carbocycles. The van der Waals surface area contributed by atoms with E-state index >= 15 is 0 Å². The lowest BCUT2D eigenvalue weighted by atomic mass is 9.65. The molecule has 5 nitrogen and oxygen atoms in total. The maximum absolute atomic E-state index is 10.1. The van der Waals surface area contributed by atoms with E-state index in [1.807, 2.05) is 24.3 Å². The van der Waals surface area contributed by atoms with Crippen molar-refractivity contribution in [2.24, 2.45) is 0 Å². The van der Waals surface area contributed by atoms with Crippen LogP contribution in [0.4, 0.5) is 34.1 Å². The van der Waals surface area contributed by atoms with E-state index in [9.17, 15) is 10.5 Å². The summed E-state index contributed by atoms with van der Waals surface area (Å²) in [4.78, 5) is 4.69. The lowest BCUT2D eigenvalue weighted by Crippen LogP contribution is -2.33. The van der Waals surface area contributed by atoms with Crippen LogP contribution < -0.4 is 9.80 Å². The molecule has 5 heteroatoms. The Bertz CT molecular complexity index is 4430. The van der Waals surface area contributed by atoms with Gasteiger partial charge in [-0.05, 0) is 186 Å². The summed E-state index contributed by atoms with van der Waals surface area (Å²) in [6.07, 6.45) is 0. The standard InChI is InChI=1S/C73H55N5/c1-71(2,3)50-25-33-54(34-26-50)76(52-29-19-46(44-74)20-30-52)56-37-40-66-60(41-56)61-42-57(77(53-31-21-47(45-75)22-32-53)55-35-27-51(28-36-55)72(4,5)6)43-65-70(61)78(66)67-18-12-11-17-62(67)73(65)63-38-23-48-13-7-9-15-58(48)68(63)69-59-16-10-8-14-49(59)24-39-64(69)73/h7-43H,1-6H3. The Labute approximate surface area is 455 Å². The third-order valence-corrected chi connectivity index (χ3v) is 16.7. The summed E-state index contributed by atoms with van der Waals surface area (Å²) < 4.78 is 2.53. The van der Waals surface area contributed by atoms with Crippen LogP contribution in [0, 0.1) is 22.7 Å². The lowest BCUT2D eigenvalue weighted by Gasteiger charge is -2.40. The van der Waals surface area contributed by atoms with Gasteiger partial charge in [0.25, 0.3) is 0 Å². The highest BCUT2D eigenvalue weighted by molar-refractivity contribution is 6.18. The third-order valence-electron chi connectivity index (χ3n) is 16.7. The van der Waals surface area contributed by atoms with Crippen LogP contribution in [0.2, 0.25) is 0 Å². The van der Waals surface area contributed by atoms with E-state index < -0.39 is 5.41 Å². The molecule has 1 aliphatic carbocycles. The Hall–Kier alpha value is -9.68. The van der Waals surface area contributed by atoms with Crippen LogP contribution in [0.3, 0.4) is 0 Å². The zero-order valence-electron chi connectivity index (χ0n) is 44.6. The van der Waals surface area contributed by atoms with Crippen LogP contribution in [-0.2, 0) is 16.2 Å². The normalized spacial score (nSPS) is 13.1. The quantitative estimate of drug-likeness (QED) is 0.167. The maximum Gasteiger partial charge on any atom is 0.0991 e. The molecule has 12 aromatic rings. The van der Waals surface area contributed by atoms with E-state index in [1.165, 1.54) is 66.1 Å². The predicted octanol–water partition coefficient (Wildman–Crippen LogP) is 19.0. The highest BCUT2D eigenvalue weighted by Gasteiger charge is 2.52. The largest absolute Gasteiger partial charge is 0.310 e. The average Bonchev–Trinajstić information content (AvgIpc) is 4.13. The third kappa shape index (κ3) is 6.91. The number of fused-ring (bicyclic) bond motifs is 16. The molecular formula is C73H55N5. The molecule has 372 valence electrons. The molecule has 0 atom stereocenters. The number of nitrogens with zero attached hydrogens (tertiary/aromatic N) is 5. The number of aromatic nitrogens is 1. The number of hydrogen-bond donors (Lipinski definition) is 0. The molecule has 78 heavy (non-hydrogen) atoms. The first-order chi connectivity index (χ1) is 37.8. The van der Waals surface area contributed by atoms with Crippen molar-refractivity contribution >= 4 is 77.5 Å². The molecule has 0 radical (unpaired) electrons. The van der Waals surface area contributed by atoms with E-state index in [1.54, 1.807) is 0 Å². The minimum absolute atomic E-state index is 0.0192. The number of anilines is 6. The fraction of sp³-hybridized carbons (Fsp3) is 0.123. The van der Waals surface area contributed by atoms with Crippen LogP contribution in [0.5, 0.6) is 0 Å². The molecule has 11 aromatic carbocycles. The Balaban J connectivity index is 1.14. The van der Waals surface area contributed by atoms with Crippen LogP contribution in [0.25, 0.3) is 60.2 Å². The molecule has 0 N–H and O–H groups in total. The van der Waals surface area contributed by atoms with Crippen molar-refractivity contribution in [2.45, 2.75) is 57.8 Å². The van der Waals surface area contributed by atoms with Gasteiger partial charge in [0.05, 0.1) is 45.4 Å². The van der Waals surface area contributed by atoms with Gasteiger partial charge < -0.3 is 14.4 Å². The molecule has 1 aromatic heterocycles. The minimum Gasteiger partial charge on any atom is -0.310 e. The van der Waals surface area contributed by atoms with Gasteiger partial charge in [-0.3, -0.25) is 0 Å². The Kier molecular flexibility index (Phi) is 10.3. The molecule has 0 bridgehead atoms. The molecule has 0 amide bonds. The molecule has 1 spiro atoms. The lowest BCUT2D eigenvalue weighted by molar-refractivity contribution is 0.590. The highest BCUT2D eigenvalue weighted by atomic mass is 15.2. The number of rotatable bonds is 6. The topological polar surface area (TPSA) is 59.0 Å². The summed E-state index contributed by atoms with van der Waals surface area (Å²) in [5.74, 6) is 0. The fourth-order valence-electron chi connectivity index (χ4n) is 13.0. The molecule has 0 unspecified atom stereocenters. The maximum atomic E-state index is 10.1. The summed E-state index contributed by atoms with van der Waals surface area (Å²) in [6, 6.07) is 86.8. The molecule has 0 fully saturated rings. The van der Waals surface area contributed by atoms with Crippen molar-refractivity contribution in [3.05, 3.63) is 269 Å². The summed E-state index contributed by atoms with van der Waals surface area (Å²) >= 11 is 0. The number of benzene rings is 11. The van der Waals surface area contributed by atoms with Crippen molar-refractivity contribution in [3.8, 4) is 29.0 Å². The zero-order valence-corrected chi connectivity index (χ0v) is 44.6. The van der Waals surface area contributed by atoms with Crippen LogP contribution in [0.15, 0.2) is 224 Å². The monoisotopic (exact) mass is 1000 g/mol. The smallest absolute Gasteiger partial charge is 0.0991 e. The van der Waals surface area contributed by atoms with Crippen molar-refractivity contribution in [3.63, 3.8) is 0 Å². The first kappa shape index (κ1) is 46.8. The SMILES string of the molecule is CC(C)(C)c1ccc(N(c2ccc(C#N)cc2)c2ccc3c(c2)c2cc(N(c4ccc(C#N)cc4)c4ccc(C(C)(C)C)cc4)cc4c2n3-c2ccccc2C42c3ccc4ccccc4c3-c3c2ccc2ccccc32)cc1. The van der Waals surface area contributed by atoms with E-state index in [4.69, 9.17) is 0 Å². The Morgan fingerprint density at radius 2 is 0.808 bits per heavy atom. The number of hydrogen-bond acceptors (Lipinski definition) is 4. The minimum atomic E-state index is -0.757. The van der Waals surface area contributed by atoms with E-state index in [0.29, 0.717) is 11.1 Å². The van der Waals surface area contributed by atoms with Crippen LogP contribution >= 0.6 is 0 Å². The van der Waals surface area contributed by atoms with Gasteiger partial charge in [0.1, 0.15) is 0 Å². The van der Waals surface area contributed by atoms with Crippen LogP contribution in [-0.4, -0.2) is 4.57 Å². The molecule has 14 rings (SSSR count). The number of nitriles is 2. The second-order valence-corrected chi connectivity index (χ2v) is 23.2. The summed E-state index contributed by atoms with van der Waals surface area (Å²) in [6.45, 7) is 13.5. The van der Waals surface area contributed by atoms with Gasteiger partial charge in [-0.25, -0.2) is 0 Å². The van der Waals surface area contributed by atoms with Crippen molar-refractivity contribution < 1.29 is 0 Å². The molecule has 2 aliphatic rings. The zero-order chi connectivity index (χ0) is 53.2. The van der Waals surface area contributed by atoms with E-state index in [-0.39, 0.29) is 10.8 Å². The van der Waals surface area contributed by atoms with E-state index in [0.717, 1.165) is 61.6 Å². The van der Waals surface area contributed by atoms with Crippen molar-refractivity contribution in [1.82, 2.24) is 4.57 Å². The van der Waals surface area contributed by atoms with Crippen LogP contribution in [0.1, 0.15) is 86.1 Å². The molecular weight excluding hydrogens is 947 g/mol. The van der Waals surface area contributed by atoms with Gasteiger partial charge >= 0.3 is 0 Å². The average molecular weight is 1000 g/mol. The first-order valence-electron chi connectivity index (χ1n) is 26.9. The predicted molar refractivity (Wildman–Crippen MR) is 323 cm³/mol. The van der Waals surface area contributed by atoms with Gasteiger partial charge in [-0.2, -0.15) is 10.5 Å². The molecule has 2 heterocycles. The second kappa shape index (κ2) is 17.2. The van der Waals surface area contributed by atoms with E-state index in [2.05, 4.69) is 268 Å². The Morgan fingerprint density at radius 1 is 0.372 bits per heavy atom. The van der Waals surface area contributed by atoms with Gasteiger partial charge in [-0.15, -0.1) is 0 Å². The Morgan fingerprint density at radius 3 is 1.31 bits per heavy atom. The summed E-state index contributed by atoms with van der Waals surface area (Å²) in [5.41, 5.74) is 19.8. The van der Waals surface area contributed by atoms with Crippen molar-refractivity contribution in [1.29, 1.82) is 10.5 Å². The molecule has 1 aliphatic heterocycles. The summed E-state index contributed by atoms with van der Waals surface area (Å²) in [5, 5.41) is 27.1. The first-order valence-corrected chi connectivity index (χ1v) is 26.9. The van der Waals surface area contributed by atoms with Gasteiger partial charge in [-0.1, -0.05) is 157 Å². The van der Waals surface area contributed by atoms with Gasteiger partial charge in [0, 0.05) is 44.9 Å². The highest BCUT2D eigenvalue weighted by Crippen LogP contribution is 2.64. The van der Waals surface area contributed by atoms with Crippen molar-refractivity contribution in [2.75, 3.05) is 9.80 Å². The molecule has 0 saturated heterocycles. The van der Waals surface area contributed by atoms with Gasteiger partial charge in [0.15, 0.2) is 0 Å². The summed E-state index contributed by atoms with van der Waals surface area (Å²) in [7, 11) is 0. The number of para-hydroxylation sites is 1. The second-order valence-electron chi connectivity index (χ2n) is 23.2.